The molecule has 0 heterocycles. The van der Waals surface area contributed by atoms with Crippen molar-refractivity contribution in [2.75, 3.05) is 19.6 Å². The number of rotatable bonds is 8. The van der Waals surface area contributed by atoms with Gasteiger partial charge in [-0.3, -0.25) is 0 Å². The molecule has 0 aliphatic carbocycles. The zero-order valence-corrected chi connectivity index (χ0v) is 11.1. The molecular weight excluding hydrogens is 229 g/mol. The van der Waals surface area contributed by atoms with Crippen LogP contribution in [0.1, 0.15) is 46.5 Å². The number of hydrogen-bond acceptors (Lipinski definition) is 2. The molecule has 2 N–H and O–H groups in total. The Balaban J connectivity index is 3.15. The molecule has 0 bridgehead atoms. The van der Waals surface area contributed by atoms with Crippen LogP contribution in [-0.2, 0) is 0 Å². The average molecular weight is 254 g/mol. The molecule has 5 heteroatoms. The van der Waals surface area contributed by atoms with E-state index in [4.69, 9.17) is 0 Å². The number of nitrogens with one attached hydrogen (secondary N) is 2. The summed E-state index contributed by atoms with van der Waals surface area (Å²) in [5, 5.41) is 6.51. The molecule has 0 rings (SSSR count). The Morgan fingerprint density at radius 2 is 1.41 bits per heavy atom. The summed E-state index contributed by atoms with van der Waals surface area (Å²) in [5.41, 5.74) is 0.132. The molecule has 0 aromatic carbocycles. The Morgan fingerprint density at radius 1 is 0.824 bits per heavy atom. The monoisotopic (exact) mass is 254 g/mol. The summed E-state index contributed by atoms with van der Waals surface area (Å²) in [5.74, 6) is 0. The predicted molar refractivity (Wildman–Crippen MR) is 65.1 cm³/mol. The fraction of sp³-hybridized carbons (Fsp3) is 1.00. The fourth-order valence-electron chi connectivity index (χ4n) is 1.38. The summed E-state index contributed by atoms with van der Waals surface area (Å²) in [6.45, 7) is 8.78. The fourth-order valence-corrected chi connectivity index (χ4v) is 1.38. The van der Waals surface area contributed by atoms with E-state index in [0.717, 1.165) is 19.5 Å². The van der Waals surface area contributed by atoms with Gasteiger partial charge < -0.3 is 10.6 Å². The van der Waals surface area contributed by atoms with Crippen LogP contribution in [0.5, 0.6) is 0 Å². The third-order valence-corrected chi connectivity index (χ3v) is 2.25. The summed E-state index contributed by atoms with van der Waals surface area (Å²) in [6.07, 6.45) is -2.86. The molecule has 0 saturated carbocycles. The van der Waals surface area contributed by atoms with Gasteiger partial charge in [0.25, 0.3) is 0 Å². The van der Waals surface area contributed by atoms with Crippen LogP contribution in [0.3, 0.4) is 0 Å². The van der Waals surface area contributed by atoms with Crippen molar-refractivity contribution >= 4 is 0 Å². The third kappa shape index (κ3) is 15.7. The van der Waals surface area contributed by atoms with Crippen LogP contribution >= 0.6 is 0 Å². The van der Waals surface area contributed by atoms with Gasteiger partial charge in [0.05, 0.1) is 0 Å². The molecule has 0 aliphatic heterocycles. The van der Waals surface area contributed by atoms with Crippen molar-refractivity contribution in [1.82, 2.24) is 10.6 Å². The van der Waals surface area contributed by atoms with Gasteiger partial charge in [0.1, 0.15) is 0 Å². The lowest BCUT2D eigenvalue weighted by atomic mass is 10.1. The Morgan fingerprint density at radius 3 is 1.94 bits per heavy atom. The van der Waals surface area contributed by atoms with Crippen molar-refractivity contribution in [1.29, 1.82) is 0 Å². The van der Waals surface area contributed by atoms with Gasteiger partial charge in [0.2, 0.25) is 0 Å². The molecule has 0 aliphatic rings. The van der Waals surface area contributed by atoms with Crippen molar-refractivity contribution in [2.24, 2.45) is 0 Å². The van der Waals surface area contributed by atoms with E-state index in [0.29, 0.717) is 13.0 Å². The second-order valence-corrected chi connectivity index (χ2v) is 5.35. The molecule has 0 saturated heterocycles. The van der Waals surface area contributed by atoms with Gasteiger partial charge in [-0.05, 0) is 59.7 Å². The molecule has 0 aromatic rings. The molecule has 0 amide bonds. The van der Waals surface area contributed by atoms with Gasteiger partial charge >= 0.3 is 6.18 Å². The smallest absolute Gasteiger partial charge is 0.317 e. The Bertz CT molecular complexity index is 165. The van der Waals surface area contributed by atoms with Gasteiger partial charge in [-0.25, -0.2) is 0 Å². The molecule has 0 unspecified atom stereocenters. The number of alkyl halides is 3. The SMILES string of the molecule is CC(C)(C)NCCCNCCCCC(F)(F)F. The normalized spacial score (nSPS) is 13.1. The van der Waals surface area contributed by atoms with E-state index in [9.17, 15) is 13.2 Å². The van der Waals surface area contributed by atoms with Gasteiger partial charge in [-0.15, -0.1) is 0 Å². The van der Waals surface area contributed by atoms with Crippen molar-refractivity contribution < 1.29 is 13.2 Å². The summed E-state index contributed by atoms with van der Waals surface area (Å²) in [4.78, 5) is 0. The first-order valence-corrected chi connectivity index (χ1v) is 6.23. The zero-order chi connectivity index (χ0) is 13.4. The topological polar surface area (TPSA) is 24.1 Å². The summed E-state index contributed by atoms with van der Waals surface area (Å²) < 4.78 is 35.4. The molecule has 0 fully saturated rings. The maximum absolute atomic E-state index is 11.8. The van der Waals surface area contributed by atoms with E-state index in [1.807, 2.05) is 0 Å². The van der Waals surface area contributed by atoms with Crippen molar-refractivity contribution in [3.8, 4) is 0 Å². The van der Waals surface area contributed by atoms with Crippen molar-refractivity contribution in [3.05, 3.63) is 0 Å². The van der Waals surface area contributed by atoms with Gasteiger partial charge in [-0.2, -0.15) is 13.2 Å². The summed E-state index contributed by atoms with van der Waals surface area (Å²) >= 11 is 0. The molecule has 0 radical (unpaired) electrons. The van der Waals surface area contributed by atoms with Crippen LogP contribution < -0.4 is 10.6 Å². The van der Waals surface area contributed by atoms with Crippen molar-refractivity contribution in [3.63, 3.8) is 0 Å². The lowest BCUT2D eigenvalue weighted by Crippen LogP contribution is -2.37. The van der Waals surface area contributed by atoms with Gasteiger partial charge in [0.15, 0.2) is 0 Å². The third-order valence-electron chi connectivity index (χ3n) is 2.25. The predicted octanol–water partition coefficient (Wildman–Crippen LogP) is 3.09. The van der Waals surface area contributed by atoms with E-state index in [2.05, 4.69) is 31.4 Å². The van der Waals surface area contributed by atoms with Crippen LogP contribution in [-0.4, -0.2) is 31.3 Å². The molecular formula is C12H25F3N2. The highest BCUT2D eigenvalue weighted by Gasteiger charge is 2.25. The molecule has 2 nitrogen and oxygen atoms in total. The maximum Gasteiger partial charge on any atom is 0.389 e. The first kappa shape index (κ1) is 16.7. The number of halogens is 3. The average Bonchev–Trinajstić information content (AvgIpc) is 2.11. The van der Waals surface area contributed by atoms with Gasteiger partial charge in [0, 0.05) is 12.0 Å². The number of unbranched alkanes of at least 4 members (excludes halogenated alkanes) is 1. The minimum absolute atomic E-state index is 0.132. The van der Waals surface area contributed by atoms with Crippen molar-refractivity contribution in [2.45, 2.75) is 58.2 Å². The first-order chi connectivity index (χ1) is 7.71. The molecule has 17 heavy (non-hydrogen) atoms. The Labute approximate surface area is 102 Å². The van der Waals surface area contributed by atoms with Crippen LogP contribution in [0.2, 0.25) is 0 Å². The zero-order valence-electron chi connectivity index (χ0n) is 11.1. The highest BCUT2D eigenvalue weighted by Crippen LogP contribution is 2.21. The summed E-state index contributed by atoms with van der Waals surface area (Å²) in [6, 6.07) is 0. The summed E-state index contributed by atoms with van der Waals surface area (Å²) in [7, 11) is 0. The Hall–Kier alpha value is -0.290. The van der Waals surface area contributed by atoms with Crippen LogP contribution in [0.4, 0.5) is 13.2 Å². The van der Waals surface area contributed by atoms with Gasteiger partial charge in [-0.1, -0.05) is 0 Å². The lowest BCUT2D eigenvalue weighted by molar-refractivity contribution is -0.135. The quantitative estimate of drug-likeness (QED) is 0.650. The van der Waals surface area contributed by atoms with E-state index in [1.165, 1.54) is 0 Å². The molecule has 0 atom stereocenters. The minimum atomic E-state index is -4.00. The Kier molecular flexibility index (Phi) is 7.79. The van der Waals surface area contributed by atoms with Crippen LogP contribution in [0.25, 0.3) is 0 Å². The molecule has 0 spiro atoms. The largest absolute Gasteiger partial charge is 0.389 e. The maximum atomic E-state index is 11.8. The lowest BCUT2D eigenvalue weighted by Gasteiger charge is -2.20. The van der Waals surface area contributed by atoms with Crippen LogP contribution in [0, 0.1) is 0 Å². The standard InChI is InChI=1S/C12H25F3N2/c1-11(2,3)17-10-6-9-16-8-5-4-7-12(13,14)15/h16-17H,4-10H2,1-3H3. The second-order valence-electron chi connectivity index (χ2n) is 5.35. The highest BCUT2D eigenvalue weighted by atomic mass is 19.4. The second kappa shape index (κ2) is 7.93. The first-order valence-electron chi connectivity index (χ1n) is 6.23. The van der Waals surface area contributed by atoms with Crippen LogP contribution in [0.15, 0.2) is 0 Å². The van der Waals surface area contributed by atoms with E-state index in [-0.39, 0.29) is 12.0 Å². The number of hydrogen-bond donors (Lipinski definition) is 2. The minimum Gasteiger partial charge on any atom is -0.317 e. The van der Waals surface area contributed by atoms with E-state index < -0.39 is 12.6 Å². The molecule has 0 aromatic heterocycles. The highest BCUT2D eigenvalue weighted by molar-refractivity contribution is 4.69. The van der Waals surface area contributed by atoms with E-state index in [1.54, 1.807) is 0 Å². The molecule has 104 valence electrons. The van der Waals surface area contributed by atoms with E-state index >= 15 is 0 Å².